The number of nitrogens with zero attached hydrogens (tertiary/aromatic N) is 1. The van der Waals surface area contributed by atoms with E-state index in [0.717, 1.165) is 10.8 Å². The van der Waals surface area contributed by atoms with Crippen molar-refractivity contribution in [1.82, 2.24) is 5.32 Å². The summed E-state index contributed by atoms with van der Waals surface area (Å²) >= 11 is 14.7. The molecule has 0 aliphatic rings. The minimum absolute atomic E-state index is 0.0133. The van der Waals surface area contributed by atoms with Crippen molar-refractivity contribution in [2.75, 3.05) is 12.4 Å². The predicted molar refractivity (Wildman–Crippen MR) is 125 cm³/mol. The summed E-state index contributed by atoms with van der Waals surface area (Å²) in [6.45, 7) is 1.67. The maximum atomic E-state index is 12.9. The molecule has 30 heavy (non-hydrogen) atoms. The Balaban J connectivity index is 1.86. The van der Waals surface area contributed by atoms with Crippen LogP contribution in [0.4, 0.5) is 11.4 Å². The number of nitro groups is 1. The molecule has 2 N–H and O–H groups in total. The van der Waals surface area contributed by atoms with Gasteiger partial charge in [0, 0.05) is 11.8 Å². The van der Waals surface area contributed by atoms with Crippen molar-refractivity contribution in [2.24, 2.45) is 0 Å². The van der Waals surface area contributed by atoms with Crippen molar-refractivity contribution in [2.45, 2.75) is 6.92 Å². The molecule has 10 heteroatoms. The second-order valence-electron chi connectivity index (χ2n) is 6.28. The number of thiocarbonyl (C=S) groups is 1. The molecule has 0 aromatic heterocycles. The van der Waals surface area contributed by atoms with Gasteiger partial charge in [0.1, 0.15) is 10.8 Å². The monoisotopic (exact) mass is 507 g/mol. The number of carbonyl (C=O) groups is 1. The molecule has 3 aromatic carbocycles. The van der Waals surface area contributed by atoms with Crippen LogP contribution in [0, 0.1) is 17.0 Å². The number of hydrogen-bond acceptors (Lipinski definition) is 5. The molecule has 0 spiro atoms. The molecule has 154 valence electrons. The lowest BCUT2D eigenvalue weighted by Crippen LogP contribution is -2.34. The number of anilines is 1. The Morgan fingerprint density at radius 1 is 1.27 bits per heavy atom. The van der Waals surface area contributed by atoms with E-state index < -0.39 is 10.8 Å². The average molecular weight is 509 g/mol. The molecule has 0 aliphatic heterocycles. The third-order valence-electron chi connectivity index (χ3n) is 4.36. The lowest BCUT2D eigenvalue weighted by molar-refractivity contribution is -0.384. The number of ether oxygens (including phenoxy) is 1. The van der Waals surface area contributed by atoms with Crippen molar-refractivity contribution in [3.8, 4) is 5.75 Å². The fourth-order valence-corrected chi connectivity index (χ4v) is 4.09. The lowest BCUT2D eigenvalue weighted by Gasteiger charge is -2.15. The minimum atomic E-state index is -0.566. The molecule has 0 unspecified atom stereocenters. The summed E-state index contributed by atoms with van der Waals surface area (Å²) in [5.74, 6) is -0.0926. The van der Waals surface area contributed by atoms with Crippen LogP contribution in [0.15, 0.2) is 46.9 Å². The highest BCUT2D eigenvalue weighted by Crippen LogP contribution is 2.36. The number of benzene rings is 3. The van der Waals surface area contributed by atoms with E-state index in [0.29, 0.717) is 27.0 Å². The number of aryl methyl sites for hydroxylation is 1. The van der Waals surface area contributed by atoms with Crippen LogP contribution in [0.25, 0.3) is 10.8 Å². The normalized spacial score (nSPS) is 10.5. The quantitative estimate of drug-likeness (QED) is 0.270. The lowest BCUT2D eigenvalue weighted by atomic mass is 10.1. The second kappa shape index (κ2) is 8.95. The number of halogens is 2. The van der Waals surface area contributed by atoms with Crippen LogP contribution >= 0.6 is 39.7 Å². The summed E-state index contributed by atoms with van der Waals surface area (Å²) < 4.78 is 6.08. The number of fused-ring (bicyclic) bond motifs is 1. The van der Waals surface area contributed by atoms with Crippen LogP contribution in [0.2, 0.25) is 5.02 Å². The largest absolute Gasteiger partial charge is 0.495 e. The standard InChI is InChI=1S/C20H15BrClN3O4S/c1-10-7-16(25(27)28)14(22)9-15(10)23-20(30)24-19(26)13-8-11-5-3-4-6-12(11)17(21)18(13)29-2/h3-9H,1-2H3,(H2,23,24,26,30). The van der Waals surface area contributed by atoms with Gasteiger partial charge in [0.2, 0.25) is 0 Å². The molecule has 0 heterocycles. The highest BCUT2D eigenvalue weighted by Gasteiger charge is 2.20. The Morgan fingerprint density at radius 3 is 2.63 bits per heavy atom. The van der Waals surface area contributed by atoms with Gasteiger partial charge in [0.15, 0.2) is 5.11 Å². The van der Waals surface area contributed by atoms with Crippen LogP contribution in [0.5, 0.6) is 5.75 Å². The predicted octanol–water partition coefficient (Wildman–Crippen LogP) is 5.61. The number of nitrogens with one attached hydrogen (secondary N) is 2. The average Bonchev–Trinajstić information content (AvgIpc) is 2.70. The zero-order valence-corrected chi connectivity index (χ0v) is 18.9. The summed E-state index contributed by atoms with van der Waals surface area (Å²) in [6, 6.07) is 12.0. The van der Waals surface area contributed by atoms with Gasteiger partial charge in [0.25, 0.3) is 11.6 Å². The number of carbonyl (C=O) groups excluding carboxylic acids is 1. The van der Waals surface area contributed by atoms with E-state index in [9.17, 15) is 14.9 Å². The van der Waals surface area contributed by atoms with Gasteiger partial charge in [-0.2, -0.15) is 0 Å². The highest BCUT2D eigenvalue weighted by molar-refractivity contribution is 9.10. The summed E-state index contributed by atoms with van der Waals surface area (Å²) in [4.78, 5) is 23.3. The van der Waals surface area contributed by atoms with Crippen molar-refractivity contribution in [1.29, 1.82) is 0 Å². The number of nitro benzene ring substituents is 1. The Morgan fingerprint density at radius 2 is 1.97 bits per heavy atom. The number of hydrogen-bond donors (Lipinski definition) is 2. The van der Waals surface area contributed by atoms with E-state index in [1.807, 2.05) is 24.3 Å². The first-order valence-corrected chi connectivity index (χ1v) is 10.1. The number of methoxy groups -OCH3 is 1. The fourth-order valence-electron chi connectivity index (χ4n) is 2.92. The molecule has 0 aliphatic carbocycles. The fraction of sp³-hybridized carbons (Fsp3) is 0.100. The van der Waals surface area contributed by atoms with Crippen LogP contribution in [-0.4, -0.2) is 23.1 Å². The molecular formula is C20H15BrClN3O4S. The van der Waals surface area contributed by atoms with E-state index in [1.165, 1.54) is 19.2 Å². The number of amides is 1. The molecule has 0 fully saturated rings. The molecule has 3 aromatic rings. The molecule has 3 rings (SSSR count). The van der Waals surface area contributed by atoms with Gasteiger partial charge in [-0.15, -0.1) is 0 Å². The molecule has 0 saturated carbocycles. The maximum absolute atomic E-state index is 12.9. The molecule has 7 nitrogen and oxygen atoms in total. The van der Waals surface area contributed by atoms with Crippen molar-refractivity contribution in [3.05, 3.63) is 73.2 Å². The first kappa shape index (κ1) is 21.9. The molecule has 0 saturated heterocycles. The summed E-state index contributed by atoms with van der Waals surface area (Å²) in [7, 11) is 1.48. The molecule has 0 radical (unpaired) electrons. The summed E-state index contributed by atoms with van der Waals surface area (Å²) in [5.41, 5.74) is 1.09. The molecule has 1 amide bonds. The maximum Gasteiger partial charge on any atom is 0.288 e. The van der Waals surface area contributed by atoms with E-state index in [2.05, 4.69) is 26.6 Å². The van der Waals surface area contributed by atoms with Crippen molar-refractivity contribution in [3.63, 3.8) is 0 Å². The van der Waals surface area contributed by atoms with Crippen molar-refractivity contribution < 1.29 is 14.5 Å². The number of rotatable bonds is 4. The second-order valence-corrected chi connectivity index (χ2v) is 7.88. The molecule has 0 bridgehead atoms. The van der Waals surface area contributed by atoms with Gasteiger partial charge in [-0.05, 0) is 63.5 Å². The first-order valence-electron chi connectivity index (χ1n) is 8.55. The van der Waals surface area contributed by atoms with Gasteiger partial charge in [-0.25, -0.2) is 0 Å². The smallest absolute Gasteiger partial charge is 0.288 e. The Labute approximate surface area is 190 Å². The zero-order chi connectivity index (χ0) is 22.0. The van der Waals surface area contributed by atoms with E-state index in [4.69, 9.17) is 28.6 Å². The Kier molecular flexibility index (Phi) is 6.55. The van der Waals surface area contributed by atoms with Gasteiger partial charge in [0.05, 0.1) is 22.1 Å². The SMILES string of the molecule is COc1c(C(=O)NC(=S)Nc2cc(Cl)c([N+](=O)[O-])cc2C)cc2ccccc2c1Br. The van der Waals surface area contributed by atoms with Crippen LogP contribution in [-0.2, 0) is 0 Å². The van der Waals surface area contributed by atoms with Crippen LogP contribution in [0.1, 0.15) is 15.9 Å². The topological polar surface area (TPSA) is 93.5 Å². The van der Waals surface area contributed by atoms with Gasteiger partial charge in [-0.3, -0.25) is 20.2 Å². The van der Waals surface area contributed by atoms with Crippen molar-refractivity contribution >= 4 is 72.9 Å². The highest BCUT2D eigenvalue weighted by atomic mass is 79.9. The summed E-state index contributed by atoms with van der Waals surface area (Å²) in [6.07, 6.45) is 0. The van der Waals surface area contributed by atoms with E-state index in [-0.39, 0.29) is 15.8 Å². The third kappa shape index (κ3) is 4.38. The van der Waals surface area contributed by atoms with Crippen LogP contribution in [0.3, 0.4) is 0 Å². The summed E-state index contributed by atoms with van der Waals surface area (Å²) in [5, 5.41) is 18.2. The van der Waals surface area contributed by atoms with E-state index in [1.54, 1.807) is 13.0 Å². The van der Waals surface area contributed by atoms with Crippen LogP contribution < -0.4 is 15.4 Å². The minimum Gasteiger partial charge on any atom is -0.495 e. The Hall–Kier alpha value is -2.75. The van der Waals surface area contributed by atoms with Gasteiger partial charge < -0.3 is 10.1 Å². The van der Waals surface area contributed by atoms with Gasteiger partial charge >= 0.3 is 0 Å². The van der Waals surface area contributed by atoms with Gasteiger partial charge in [-0.1, -0.05) is 35.9 Å². The molecule has 0 atom stereocenters. The molecular weight excluding hydrogens is 494 g/mol. The first-order chi connectivity index (χ1) is 14.2. The van der Waals surface area contributed by atoms with E-state index >= 15 is 0 Å². The third-order valence-corrected chi connectivity index (χ3v) is 5.65. The Bertz CT molecular complexity index is 1200. The zero-order valence-electron chi connectivity index (χ0n) is 15.8.